The molecule has 100 valence electrons. The van der Waals surface area contributed by atoms with Gasteiger partial charge in [-0.15, -0.1) is 0 Å². The summed E-state index contributed by atoms with van der Waals surface area (Å²) in [6.07, 6.45) is 3.03. The summed E-state index contributed by atoms with van der Waals surface area (Å²) < 4.78 is 15.2. The van der Waals surface area contributed by atoms with E-state index >= 15 is 0 Å². The van der Waals surface area contributed by atoms with E-state index in [1.807, 2.05) is 6.92 Å². The molecule has 18 heavy (non-hydrogen) atoms. The maximum absolute atomic E-state index is 12.0. The topological polar surface area (TPSA) is 65.7 Å². The predicted octanol–water partition coefficient (Wildman–Crippen LogP) is 2.30. The van der Waals surface area contributed by atoms with Crippen LogP contribution < -0.4 is 10.2 Å². The van der Waals surface area contributed by atoms with Crippen molar-refractivity contribution >= 4 is 5.97 Å². The standard InChI is InChI=1S/C13H18O5/c1-4-6-7-17-10-8-18-9(3)11(12(10)14)13(15)16-5-2/h8H,4-7H2,1-3H3. The van der Waals surface area contributed by atoms with Gasteiger partial charge in [0.25, 0.3) is 0 Å². The van der Waals surface area contributed by atoms with Crippen LogP contribution in [0, 0.1) is 6.92 Å². The number of unbranched alkanes of at least 4 members (excludes halogenated alkanes) is 1. The first-order valence-electron chi connectivity index (χ1n) is 6.04. The van der Waals surface area contributed by atoms with E-state index < -0.39 is 11.4 Å². The first kappa shape index (κ1) is 14.3. The van der Waals surface area contributed by atoms with Crippen molar-refractivity contribution < 1.29 is 18.7 Å². The molecule has 0 bridgehead atoms. The van der Waals surface area contributed by atoms with Crippen LogP contribution in [-0.2, 0) is 4.74 Å². The molecule has 0 unspecified atom stereocenters. The van der Waals surface area contributed by atoms with E-state index in [-0.39, 0.29) is 23.7 Å². The van der Waals surface area contributed by atoms with Crippen molar-refractivity contribution in [2.24, 2.45) is 0 Å². The molecule has 0 N–H and O–H groups in total. The lowest BCUT2D eigenvalue weighted by molar-refractivity contribution is 0.0519. The molecule has 0 fully saturated rings. The van der Waals surface area contributed by atoms with Gasteiger partial charge in [-0.05, 0) is 20.3 Å². The fourth-order valence-corrected chi connectivity index (χ4v) is 1.40. The summed E-state index contributed by atoms with van der Waals surface area (Å²) in [5.74, 6) is -0.386. The third-order valence-electron chi connectivity index (χ3n) is 2.38. The van der Waals surface area contributed by atoms with Crippen molar-refractivity contribution in [2.75, 3.05) is 13.2 Å². The Kier molecular flexibility index (Phi) is 5.42. The van der Waals surface area contributed by atoms with E-state index in [2.05, 4.69) is 0 Å². The van der Waals surface area contributed by atoms with Gasteiger partial charge in [0.2, 0.25) is 11.2 Å². The van der Waals surface area contributed by atoms with Gasteiger partial charge >= 0.3 is 5.97 Å². The zero-order valence-electron chi connectivity index (χ0n) is 10.9. The van der Waals surface area contributed by atoms with Gasteiger partial charge in [0.05, 0.1) is 13.2 Å². The van der Waals surface area contributed by atoms with E-state index in [1.165, 1.54) is 6.26 Å². The van der Waals surface area contributed by atoms with Crippen LogP contribution in [0.3, 0.4) is 0 Å². The zero-order valence-corrected chi connectivity index (χ0v) is 10.9. The van der Waals surface area contributed by atoms with Crippen molar-refractivity contribution in [1.82, 2.24) is 0 Å². The van der Waals surface area contributed by atoms with E-state index in [0.717, 1.165) is 12.8 Å². The number of carbonyl (C=O) groups is 1. The number of esters is 1. The van der Waals surface area contributed by atoms with Crippen LogP contribution in [0.4, 0.5) is 0 Å². The molecule has 1 aromatic heterocycles. The van der Waals surface area contributed by atoms with Crippen molar-refractivity contribution in [3.8, 4) is 5.75 Å². The third kappa shape index (κ3) is 3.35. The average Bonchev–Trinajstić information content (AvgIpc) is 2.33. The smallest absolute Gasteiger partial charge is 0.345 e. The molecule has 1 rings (SSSR count). The summed E-state index contributed by atoms with van der Waals surface area (Å²) >= 11 is 0. The van der Waals surface area contributed by atoms with E-state index in [0.29, 0.717) is 6.61 Å². The molecule has 0 saturated carbocycles. The van der Waals surface area contributed by atoms with Gasteiger partial charge in [0, 0.05) is 0 Å². The van der Waals surface area contributed by atoms with E-state index in [1.54, 1.807) is 13.8 Å². The van der Waals surface area contributed by atoms with Gasteiger partial charge in [-0.1, -0.05) is 13.3 Å². The highest BCUT2D eigenvalue weighted by molar-refractivity contribution is 5.90. The highest BCUT2D eigenvalue weighted by atomic mass is 16.5. The number of aryl methyl sites for hydroxylation is 1. The zero-order chi connectivity index (χ0) is 13.5. The molecule has 1 aromatic rings. The molecule has 1 heterocycles. The maximum atomic E-state index is 12.0. The Morgan fingerprint density at radius 3 is 2.72 bits per heavy atom. The minimum Gasteiger partial charge on any atom is -0.487 e. The van der Waals surface area contributed by atoms with Gasteiger partial charge in [-0.3, -0.25) is 4.79 Å². The largest absolute Gasteiger partial charge is 0.487 e. The highest BCUT2D eigenvalue weighted by Gasteiger charge is 2.20. The number of hydrogen-bond donors (Lipinski definition) is 0. The lowest BCUT2D eigenvalue weighted by Gasteiger charge is -2.07. The molecule has 0 atom stereocenters. The Bertz CT molecular complexity index is 461. The molecule has 0 spiro atoms. The van der Waals surface area contributed by atoms with Crippen molar-refractivity contribution in [3.05, 3.63) is 27.8 Å². The number of rotatable bonds is 6. The molecule has 5 heteroatoms. The van der Waals surface area contributed by atoms with Crippen molar-refractivity contribution in [2.45, 2.75) is 33.6 Å². The molecule has 0 aromatic carbocycles. The Balaban J connectivity index is 2.99. The van der Waals surface area contributed by atoms with Crippen molar-refractivity contribution in [3.63, 3.8) is 0 Å². The third-order valence-corrected chi connectivity index (χ3v) is 2.38. The van der Waals surface area contributed by atoms with Crippen LogP contribution in [0.1, 0.15) is 42.8 Å². The molecule has 0 radical (unpaired) electrons. The average molecular weight is 254 g/mol. The fraction of sp³-hybridized carbons (Fsp3) is 0.538. The van der Waals surface area contributed by atoms with Gasteiger partial charge < -0.3 is 13.9 Å². The molecule has 5 nitrogen and oxygen atoms in total. The number of carbonyl (C=O) groups excluding carboxylic acids is 1. The van der Waals surface area contributed by atoms with Crippen LogP contribution in [0.2, 0.25) is 0 Å². The lowest BCUT2D eigenvalue weighted by atomic mass is 10.2. The van der Waals surface area contributed by atoms with Crippen LogP contribution >= 0.6 is 0 Å². The normalized spacial score (nSPS) is 10.2. The highest BCUT2D eigenvalue weighted by Crippen LogP contribution is 2.12. The molecule has 0 aliphatic carbocycles. The lowest BCUT2D eigenvalue weighted by Crippen LogP contribution is -2.21. The van der Waals surface area contributed by atoms with Gasteiger partial charge in [-0.25, -0.2) is 4.79 Å². The minimum atomic E-state index is -0.676. The Morgan fingerprint density at radius 1 is 1.39 bits per heavy atom. The maximum Gasteiger partial charge on any atom is 0.345 e. The van der Waals surface area contributed by atoms with Gasteiger partial charge in [-0.2, -0.15) is 0 Å². The van der Waals surface area contributed by atoms with Crippen LogP contribution in [0.15, 0.2) is 15.5 Å². The molecular weight excluding hydrogens is 236 g/mol. The SMILES string of the molecule is CCCCOc1coc(C)c(C(=O)OCC)c1=O. The first-order valence-corrected chi connectivity index (χ1v) is 6.04. The second-order valence-electron chi connectivity index (χ2n) is 3.78. The molecule has 0 saturated heterocycles. The summed E-state index contributed by atoms with van der Waals surface area (Å²) in [4.78, 5) is 23.6. The van der Waals surface area contributed by atoms with Crippen LogP contribution in [-0.4, -0.2) is 19.2 Å². The number of ether oxygens (including phenoxy) is 2. The monoisotopic (exact) mass is 254 g/mol. The van der Waals surface area contributed by atoms with Crippen molar-refractivity contribution in [1.29, 1.82) is 0 Å². The second kappa shape index (κ2) is 6.83. The van der Waals surface area contributed by atoms with Crippen LogP contribution in [0.25, 0.3) is 0 Å². The van der Waals surface area contributed by atoms with E-state index in [9.17, 15) is 9.59 Å². The Morgan fingerprint density at radius 2 is 2.11 bits per heavy atom. The van der Waals surface area contributed by atoms with Gasteiger partial charge in [0.15, 0.2) is 0 Å². The fourth-order valence-electron chi connectivity index (χ4n) is 1.40. The predicted molar refractivity (Wildman–Crippen MR) is 66.1 cm³/mol. The molecule has 0 aliphatic heterocycles. The minimum absolute atomic E-state index is 0.0529. The summed E-state index contributed by atoms with van der Waals surface area (Å²) in [7, 11) is 0. The molecule has 0 amide bonds. The quantitative estimate of drug-likeness (QED) is 0.575. The number of hydrogen-bond acceptors (Lipinski definition) is 5. The summed E-state index contributed by atoms with van der Waals surface area (Å²) in [6, 6.07) is 0. The van der Waals surface area contributed by atoms with Crippen LogP contribution in [0.5, 0.6) is 5.75 Å². The summed E-state index contributed by atoms with van der Waals surface area (Å²) in [5, 5.41) is 0. The Hall–Kier alpha value is -1.78. The Labute approximate surface area is 106 Å². The molecular formula is C13H18O5. The van der Waals surface area contributed by atoms with Gasteiger partial charge in [0.1, 0.15) is 17.6 Å². The summed E-state index contributed by atoms with van der Waals surface area (Å²) in [5.41, 5.74) is -0.570. The summed E-state index contributed by atoms with van der Waals surface area (Å²) in [6.45, 7) is 5.87. The molecule has 0 aliphatic rings. The van der Waals surface area contributed by atoms with E-state index in [4.69, 9.17) is 13.9 Å². The first-order chi connectivity index (χ1) is 8.61. The second-order valence-corrected chi connectivity index (χ2v) is 3.78.